The molecule has 1 fully saturated rings. The molecule has 0 aliphatic carbocycles. The van der Waals surface area contributed by atoms with Crippen LogP contribution in [-0.2, 0) is 23.8 Å². The van der Waals surface area contributed by atoms with Crippen LogP contribution in [0.4, 0.5) is 0 Å². The molecule has 1 saturated heterocycles. The van der Waals surface area contributed by atoms with Crippen molar-refractivity contribution in [1.82, 2.24) is 0 Å². The van der Waals surface area contributed by atoms with Crippen LogP contribution in [0.2, 0.25) is 0 Å². The molecule has 2 aliphatic rings. The zero-order chi connectivity index (χ0) is 17.0. The van der Waals surface area contributed by atoms with Gasteiger partial charge in [0.15, 0.2) is 0 Å². The van der Waals surface area contributed by atoms with Crippen molar-refractivity contribution in [3.63, 3.8) is 0 Å². The third-order valence-corrected chi connectivity index (χ3v) is 4.42. The fourth-order valence-corrected chi connectivity index (χ4v) is 2.89. The van der Waals surface area contributed by atoms with Crippen molar-refractivity contribution in [3.8, 4) is 0 Å². The van der Waals surface area contributed by atoms with E-state index in [9.17, 15) is 9.59 Å². The first-order valence-electron chi connectivity index (χ1n) is 8.25. The van der Waals surface area contributed by atoms with Crippen molar-refractivity contribution in [2.75, 3.05) is 13.2 Å². The number of thiol groups is 1. The van der Waals surface area contributed by atoms with Gasteiger partial charge < -0.3 is 14.2 Å². The molecule has 2 heterocycles. The maximum absolute atomic E-state index is 12.4. The summed E-state index contributed by atoms with van der Waals surface area (Å²) in [6.07, 6.45) is 4.37. The Morgan fingerprint density at radius 3 is 1.91 bits per heavy atom. The number of hydrogen-bond donors (Lipinski definition) is 1. The number of ether oxygens (including phenoxy) is 3. The predicted octanol–water partition coefficient (Wildman–Crippen LogP) is 2.40. The molecule has 5 unspecified atom stereocenters. The van der Waals surface area contributed by atoms with Crippen molar-refractivity contribution < 1.29 is 23.8 Å². The number of esters is 2. The maximum atomic E-state index is 12.4. The highest BCUT2D eigenvalue weighted by atomic mass is 32.1. The molecule has 23 heavy (non-hydrogen) atoms. The zero-order valence-electron chi connectivity index (χ0n) is 13.9. The van der Waals surface area contributed by atoms with Crippen LogP contribution >= 0.6 is 12.6 Å². The van der Waals surface area contributed by atoms with Crippen molar-refractivity contribution in [3.05, 3.63) is 12.2 Å². The largest absolute Gasteiger partial charge is 0.465 e. The zero-order valence-corrected chi connectivity index (χ0v) is 14.8. The van der Waals surface area contributed by atoms with Gasteiger partial charge in [-0.3, -0.25) is 9.59 Å². The van der Waals surface area contributed by atoms with E-state index in [1.165, 1.54) is 0 Å². The highest BCUT2D eigenvalue weighted by Crippen LogP contribution is 2.40. The monoisotopic (exact) mass is 342 g/mol. The molecule has 0 radical (unpaired) electrons. The van der Waals surface area contributed by atoms with Crippen molar-refractivity contribution >= 4 is 24.6 Å². The summed E-state index contributed by atoms with van der Waals surface area (Å²) in [5, 5.41) is 0.163. The van der Waals surface area contributed by atoms with Gasteiger partial charge in [-0.25, -0.2) is 0 Å². The Morgan fingerprint density at radius 1 is 1.00 bits per heavy atom. The second-order valence-corrected chi connectivity index (χ2v) is 7.54. The molecular weight excluding hydrogens is 316 g/mol. The Hall–Kier alpha value is -1.01. The minimum Gasteiger partial charge on any atom is -0.465 e. The highest BCUT2D eigenvalue weighted by molar-refractivity contribution is 7.80. The van der Waals surface area contributed by atoms with Crippen LogP contribution in [0.25, 0.3) is 0 Å². The van der Waals surface area contributed by atoms with Crippen molar-refractivity contribution in [1.29, 1.82) is 0 Å². The Kier molecular flexibility index (Phi) is 6.53. The van der Waals surface area contributed by atoms with Gasteiger partial charge >= 0.3 is 11.9 Å². The Labute approximate surface area is 143 Å². The van der Waals surface area contributed by atoms with Crippen LogP contribution in [0.1, 0.15) is 33.6 Å². The lowest BCUT2D eigenvalue weighted by Crippen LogP contribution is -2.38. The first kappa shape index (κ1) is 18.3. The summed E-state index contributed by atoms with van der Waals surface area (Å²) in [4.78, 5) is 24.7. The second-order valence-electron chi connectivity index (χ2n) is 6.66. The summed E-state index contributed by atoms with van der Waals surface area (Å²) in [6, 6.07) is 0. The molecule has 5 atom stereocenters. The van der Waals surface area contributed by atoms with Crippen LogP contribution in [0.5, 0.6) is 0 Å². The van der Waals surface area contributed by atoms with Gasteiger partial charge in [-0.15, -0.1) is 0 Å². The standard InChI is InChI=1S/C17H26O5S/c1-10(2)6-8-20-16(18)14-12-4-5-13(22-12)15(14)17(19)21-9-7-11(3)23/h4-5,10-15,23H,6-9H2,1-3H3. The van der Waals surface area contributed by atoms with E-state index < -0.39 is 11.8 Å². The number of hydrogen-bond acceptors (Lipinski definition) is 6. The highest BCUT2D eigenvalue weighted by Gasteiger charge is 2.54. The minimum absolute atomic E-state index is 0.163. The number of fused-ring (bicyclic) bond motifs is 2. The first-order valence-corrected chi connectivity index (χ1v) is 8.77. The summed E-state index contributed by atoms with van der Waals surface area (Å²) in [5.41, 5.74) is 0. The Morgan fingerprint density at radius 2 is 1.48 bits per heavy atom. The molecule has 0 saturated carbocycles. The molecule has 2 aliphatic heterocycles. The van der Waals surface area contributed by atoms with Crippen LogP contribution in [0.3, 0.4) is 0 Å². The summed E-state index contributed by atoms with van der Waals surface area (Å²) in [7, 11) is 0. The summed E-state index contributed by atoms with van der Waals surface area (Å²) < 4.78 is 16.3. The van der Waals surface area contributed by atoms with Gasteiger partial charge in [0, 0.05) is 5.25 Å². The lowest BCUT2D eigenvalue weighted by Gasteiger charge is -2.22. The van der Waals surface area contributed by atoms with E-state index >= 15 is 0 Å². The van der Waals surface area contributed by atoms with Gasteiger partial charge in [-0.1, -0.05) is 32.9 Å². The lowest BCUT2D eigenvalue weighted by atomic mass is 9.83. The smallest absolute Gasteiger partial charge is 0.312 e. The summed E-state index contributed by atoms with van der Waals surface area (Å²) >= 11 is 4.26. The maximum Gasteiger partial charge on any atom is 0.312 e. The van der Waals surface area contributed by atoms with Crippen LogP contribution < -0.4 is 0 Å². The normalized spacial score (nSPS) is 29.8. The summed E-state index contributed by atoms with van der Waals surface area (Å²) in [5.74, 6) is -1.50. The van der Waals surface area contributed by atoms with Crippen LogP contribution in [-0.4, -0.2) is 42.6 Å². The Bertz CT molecular complexity index is 420. The van der Waals surface area contributed by atoms with Gasteiger partial charge in [0.2, 0.25) is 0 Å². The molecule has 130 valence electrons. The van der Waals surface area contributed by atoms with Crippen molar-refractivity contribution in [2.45, 2.75) is 51.1 Å². The summed E-state index contributed by atoms with van der Waals surface area (Å²) in [6.45, 7) is 6.75. The minimum atomic E-state index is -0.605. The van der Waals surface area contributed by atoms with Crippen LogP contribution in [0.15, 0.2) is 12.2 Å². The molecular formula is C17H26O5S. The van der Waals surface area contributed by atoms with Crippen molar-refractivity contribution in [2.24, 2.45) is 17.8 Å². The quantitative estimate of drug-likeness (QED) is 0.417. The van der Waals surface area contributed by atoms with Gasteiger partial charge in [-0.05, 0) is 18.8 Å². The second kappa shape index (κ2) is 8.20. The molecule has 0 spiro atoms. The average Bonchev–Trinajstić information content (AvgIpc) is 3.06. The topological polar surface area (TPSA) is 61.8 Å². The SMILES string of the molecule is CC(C)CCOC(=O)C1C2C=CC(O2)C1C(=O)OCCC(C)S. The molecule has 0 aromatic heterocycles. The van der Waals surface area contributed by atoms with E-state index in [4.69, 9.17) is 14.2 Å². The van der Waals surface area contributed by atoms with E-state index in [0.717, 1.165) is 6.42 Å². The number of rotatable bonds is 8. The van der Waals surface area contributed by atoms with E-state index in [2.05, 4.69) is 26.5 Å². The van der Waals surface area contributed by atoms with E-state index in [-0.39, 0.29) is 29.4 Å². The number of carbonyl (C=O) groups is 2. The third-order valence-electron chi connectivity index (χ3n) is 4.16. The molecule has 0 amide bonds. The van der Waals surface area contributed by atoms with Crippen LogP contribution in [0, 0.1) is 17.8 Å². The molecule has 2 bridgehead atoms. The lowest BCUT2D eigenvalue weighted by molar-refractivity contribution is -0.160. The average molecular weight is 342 g/mol. The molecule has 5 nitrogen and oxygen atoms in total. The molecule has 2 rings (SSSR count). The van der Waals surface area contributed by atoms with E-state index in [0.29, 0.717) is 25.6 Å². The fourth-order valence-electron chi connectivity index (χ4n) is 2.79. The Balaban J connectivity index is 1.92. The molecule has 0 aromatic rings. The third kappa shape index (κ3) is 4.73. The first-order chi connectivity index (χ1) is 10.9. The van der Waals surface area contributed by atoms with E-state index in [1.807, 2.05) is 19.1 Å². The molecule has 0 aromatic carbocycles. The van der Waals surface area contributed by atoms with Gasteiger partial charge in [0.1, 0.15) is 11.8 Å². The fraction of sp³-hybridized carbons (Fsp3) is 0.765. The van der Waals surface area contributed by atoms with E-state index in [1.54, 1.807) is 0 Å². The number of carbonyl (C=O) groups excluding carboxylic acids is 2. The molecule has 6 heteroatoms. The van der Waals surface area contributed by atoms with Gasteiger partial charge in [0.25, 0.3) is 0 Å². The predicted molar refractivity (Wildman–Crippen MR) is 89.2 cm³/mol. The van der Waals surface area contributed by atoms with Gasteiger partial charge in [0.05, 0.1) is 25.4 Å². The molecule has 0 N–H and O–H groups in total. The van der Waals surface area contributed by atoms with Gasteiger partial charge in [-0.2, -0.15) is 12.6 Å².